The number of carbonyl (C=O) groups excluding carboxylic acids is 1. The van der Waals surface area contributed by atoms with Gasteiger partial charge in [0.2, 0.25) is 0 Å². The first-order valence-electron chi connectivity index (χ1n) is 6.99. The van der Waals surface area contributed by atoms with Crippen LogP contribution in [0.5, 0.6) is 5.75 Å². The van der Waals surface area contributed by atoms with Gasteiger partial charge in [-0.25, -0.2) is 4.39 Å². The molecule has 21 heavy (non-hydrogen) atoms. The molecule has 0 aliphatic heterocycles. The van der Waals surface area contributed by atoms with Crippen molar-refractivity contribution in [3.63, 3.8) is 0 Å². The lowest BCUT2D eigenvalue weighted by Crippen LogP contribution is -2.45. The first kappa shape index (κ1) is 19.7. The molecule has 1 rings (SSSR count). The minimum Gasteiger partial charge on any atom is -0.481 e. The summed E-state index contributed by atoms with van der Waals surface area (Å²) in [5.41, 5.74) is 5.63. The largest absolute Gasteiger partial charge is 0.481 e. The van der Waals surface area contributed by atoms with E-state index < -0.39 is 11.9 Å². The van der Waals surface area contributed by atoms with Gasteiger partial charge in [-0.05, 0) is 25.5 Å². The summed E-state index contributed by atoms with van der Waals surface area (Å²) in [6.45, 7) is 4.12. The van der Waals surface area contributed by atoms with E-state index in [0.717, 1.165) is 19.3 Å². The Kier molecular flexibility index (Phi) is 9.75. The molecule has 4 nitrogen and oxygen atoms in total. The van der Waals surface area contributed by atoms with Gasteiger partial charge in [-0.2, -0.15) is 0 Å². The molecule has 0 radical (unpaired) electrons. The summed E-state index contributed by atoms with van der Waals surface area (Å²) < 4.78 is 18.4. The van der Waals surface area contributed by atoms with Gasteiger partial charge in [-0.3, -0.25) is 4.79 Å². The zero-order valence-electron chi connectivity index (χ0n) is 12.5. The van der Waals surface area contributed by atoms with Crippen molar-refractivity contribution >= 4 is 18.3 Å². The number of hydrogen-bond donors (Lipinski definition) is 2. The van der Waals surface area contributed by atoms with Crippen molar-refractivity contribution in [1.82, 2.24) is 5.32 Å². The minimum atomic E-state index is -0.688. The standard InChI is InChI=1S/C15H23FN2O2.ClH/c1-3-4-7-13(10-17)18-15(19)11(2)20-14-8-5-6-12(16)9-14;/h5-6,8-9,11,13H,3-4,7,10,17H2,1-2H3,(H,18,19);1H. The van der Waals surface area contributed by atoms with Crippen molar-refractivity contribution in [2.24, 2.45) is 5.73 Å². The van der Waals surface area contributed by atoms with Crippen molar-refractivity contribution < 1.29 is 13.9 Å². The molecule has 2 atom stereocenters. The SMILES string of the molecule is CCCCC(CN)NC(=O)C(C)Oc1cccc(F)c1.Cl. The Morgan fingerprint density at radius 3 is 2.76 bits per heavy atom. The van der Waals surface area contributed by atoms with E-state index in [0.29, 0.717) is 12.3 Å². The fourth-order valence-corrected chi connectivity index (χ4v) is 1.82. The van der Waals surface area contributed by atoms with Crippen LogP contribution in [0.2, 0.25) is 0 Å². The van der Waals surface area contributed by atoms with Gasteiger partial charge in [0.15, 0.2) is 6.10 Å². The molecule has 0 bridgehead atoms. The zero-order chi connectivity index (χ0) is 15.0. The Hall–Kier alpha value is -1.33. The maximum absolute atomic E-state index is 13.0. The third-order valence-corrected chi connectivity index (χ3v) is 3.02. The minimum absolute atomic E-state index is 0. The molecule has 0 aliphatic carbocycles. The van der Waals surface area contributed by atoms with E-state index in [1.807, 2.05) is 0 Å². The monoisotopic (exact) mass is 318 g/mol. The molecule has 0 spiro atoms. The van der Waals surface area contributed by atoms with Gasteiger partial charge in [0.25, 0.3) is 5.91 Å². The summed E-state index contributed by atoms with van der Waals surface area (Å²) in [5.74, 6) is -0.288. The van der Waals surface area contributed by atoms with Crippen LogP contribution in [0.15, 0.2) is 24.3 Å². The van der Waals surface area contributed by atoms with Gasteiger partial charge in [0.1, 0.15) is 11.6 Å². The maximum atomic E-state index is 13.0. The Labute approximate surface area is 131 Å². The van der Waals surface area contributed by atoms with E-state index in [1.54, 1.807) is 19.1 Å². The first-order valence-corrected chi connectivity index (χ1v) is 6.99. The van der Waals surface area contributed by atoms with Crippen LogP contribution in [-0.2, 0) is 4.79 Å². The number of unbranched alkanes of at least 4 members (excludes halogenated alkanes) is 1. The summed E-state index contributed by atoms with van der Waals surface area (Å²) in [5, 5.41) is 2.85. The number of rotatable bonds is 8. The smallest absolute Gasteiger partial charge is 0.261 e. The predicted molar refractivity (Wildman–Crippen MR) is 84.2 cm³/mol. The third kappa shape index (κ3) is 7.29. The number of nitrogens with one attached hydrogen (secondary N) is 1. The average molecular weight is 319 g/mol. The molecule has 120 valence electrons. The Bertz CT molecular complexity index is 432. The highest BCUT2D eigenvalue weighted by molar-refractivity contribution is 5.85. The fraction of sp³-hybridized carbons (Fsp3) is 0.533. The molecule has 0 fully saturated rings. The van der Waals surface area contributed by atoms with Gasteiger partial charge in [0, 0.05) is 18.7 Å². The fourth-order valence-electron chi connectivity index (χ4n) is 1.82. The number of nitrogens with two attached hydrogens (primary N) is 1. The van der Waals surface area contributed by atoms with Crippen molar-refractivity contribution in [1.29, 1.82) is 0 Å². The Morgan fingerprint density at radius 1 is 1.48 bits per heavy atom. The number of amides is 1. The highest BCUT2D eigenvalue weighted by Crippen LogP contribution is 2.14. The summed E-state index contributed by atoms with van der Waals surface area (Å²) in [6.07, 6.45) is 2.24. The highest BCUT2D eigenvalue weighted by atomic mass is 35.5. The topological polar surface area (TPSA) is 64.3 Å². The molecule has 2 unspecified atom stereocenters. The van der Waals surface area contributed by atoms with Gasteiger partial charge in [-0.15, -0.1) is 12.4 Å². The predicted octanol–water partition coefficient (Wildman–Crippen LogP) is 2.65. The van der Waals surface area contributed by atoms with Crippen molar-refractivity contribution in [3.8, 4) is 5.75 Å². The van der Waals surface area contributed by atoms with Crippen LogP contribution in [0, 0.1) is 5.82 Å². The van der Waals surface area contributed by atoms with Crippen molar-refractivity contribution in [2.75, 3.05) is 6.54 Å². The van der Waals surface area contributed by atoms with Gasteiger partial charge in [0.05, 0.1) is 0 Å². The van der Waals surface area contributed by atoms with E-state index in [-0.39, 0.29) is 24.4 Å². The number of halogens is 2. The molecular formula is C15H24ClFN2O2. The molecule has 3 N–H and O–H groups in total. The van der Waals surface area contributed by atoms with E-state index in [4.69, 9.17) is 10.5 Å². The molecule has 0 saturated heterocycles. The molecule has 0 aromatic heterocycles. The van der Waals surface area contributed by atoms with Crippen LogP contribution in [-0.4, -0.2) is 24.6 Å². The lowest BCUT2D eigenvalue weighted by Gasteiger charge is -2.20. The van der Waals surface area contributed by atoms with E-state index in [2.05, 4.69) is 12.2 Å². The van der Waals surface area contributed by atoms with E-state index in [1.165, 1.54) is 12.1 Å². The molecule has 1 aromatic carbocycles. The summed E-state index contributed by atoms with van der Waals surface area (Å²) in [4.78, 5) is 12.0. The quantitative estimate of drug-likeness (QED) is 0.774. The number of ether oxygens (including phenoxy) is 1. The lowest BCUT2D eigenvalue weighted by molar-refractivity contribution is -0.128. The maximum Gasteiger partial charge on any atom is 0.261 e. The number of benzene rings is 1. The molecule has 0 heterocycles. The second-order valence-electron chi connectivity index (χ2n) is 4.80. The lowest BCUT2D eigenvalue weighted by atomic mass is 10.1. The molecule has 1 amide bonds. The molecule has 0 saturated carbocycles. The normalized spacial score (nSPS) is 13.0. The van der Waals surface area contributed by atoms with Crippen LogP contribution in [0.3, 0.4) is 0 Å². The second kappa shape index (κ2) is 10.4. The van der Waals surface area contributed by atoms with Gasteiger partial charge in [-0.1, -0.05) is 25.8 Å². The number of carbonyl (C=O) groups is 1. The van der Waals surface area contributed by atoms with Crippen molar-refractivity contribution in [2.45, 2.75) is 45.3 Å². The Morgan fingerprint density at radius 2 is 2.19 bits per heavy atom. The first-order chi connectivity index (χ1) is 9.56. The Balaban J connectivity index is 0.00000400. The summed E-state index contributed by atoms with van der Waals surface area (Å²) >= 11 is 0. The van der Waals surface area contributed by atoms with Crippen LogP contribution >= 0.6 is 12.4 Å². The third-order valence-electron chi connectivity index (χ3n) is 3.02. The molecule has 0 aliphatic rings. The number of hydrogen-bond acceptors (Lipinski definition) is 3. The van der Waals surface area contributed by atoms with Gasteiger partial charge < -0.3 is 15.8 Å². The average Bonchev–Trinajstić information content (AvgIpc) is 2.43. The molecular weight excluding hydrogens is 295 g/mol. The zero-order valence-corrected chi connectivity index (χ0v) is 13.3. The molecule has 6 heteroatoms. The van der Waals surface area contributed by atoms with E-state index >= 15 is 0 Å². The van der Waals surface area contributed by atoms with E-state index in [9.17, 15) is 9.18 Å². The summed E-state index contributed by atoms with van der Waals surface area (Å²) in [6, 6.07) is 5.69. The van der Waals surface area contributed by atoms with Crippen LogP contribution < -0.4 is 15.8 Å². The molecule has 1 aromatic rings. The highest BCUT2D eigenvalue weighted by Gasteiger charge is 2.18. The summed E-state index contributed by atoms with van der Waals surface area (Å²) in [7, 11) is 0. The second-order valence-corrected chi connectivity index (χ2v) is 4.80. The van der Waals surface area contributed by atoms with Crippen LogP contribution in [0.25, 0.3) is 0 Å². The van der Waals surface area contributed by atoms with Crippen LogP contribution in [0.1, 0.15) is 33.1 Å². The van der Waals surface area contributed by atoms with Crippen LogP contribution in [0.4, 0.5) is 4.39 Å². The van der Waals surface area contributed by atoms with Crippen molar-refractivity contribution in [3.05, 3.63) is 30.1 Å². The van der Waals surface area contributed by atoms with Gasteiger partial charge >= 0.3 is 0 Å².